The Hall–Kier alpha value is -1.63. The van der Waals surface area contributed by atoms with Crippen LogP contribution < -0.4 is 16.0 Å². The van der Waals surface area contributed by atoms with E-state index in [2.05, 4.69) is 26.1 Å². The van der Waals surface area contributed by atoms with E-state index < -0.39 is 6.04 Å². The summed E-state index contributed by atoms with van der Waals surface area (Å²) in [4.78, 5) is 11.4. The van der Waals surface area contributed by atoms with Crippen LogP contribution in [0.3, 0.4) is 0 Å². The molecule has 0 aromatic carbocycles. The Bertz CT molecular complexity index is 338. The molecule has 0 fully saturated rings. The fraction of sp³-hybridized carbons (Fsp3) is 0.667. The minimum Gasteiger partial charge on any atom is -0.407 e. The minimum absolute atomic E-state index is 0.101. The molecular weight excluding hydrogens is 210 g/mol. The molecule has 0 spiro atoms. The van der Waals surface area contributed by atoms with Gasteiger partial charge in [-0.1, -0.05) is 5.10 Å². The van der Waals surface area contributed by atoms with Crippen molar-refractivity contribution in [3.8, 4) is 0 Å². The largest absolute Gasteiger partial charge is 0.407 e. The lowest BCUT2D eigenvalue weighted by Gasteiger charge is -2.10. The number of anilines is 1. The van der Waals surface area contributed by atoms with Crippen LogP contribution in [0.25, 0.3) is 0 Å². The van der Waals surface area contributed by atoms with Crippen LogP contribution in [0.1, 0.15) is 19.7 Å². The van der Waals surface area contributed by atoms with E-state index in [1.165, 1.54) is 0 Å². The molecule has 7 nitrogen and oxygen atoms in total. The first kappa shape index (κ1) is 12.4. The van der Waals surface area contributed by atoms with E-state index in [0.29, 0.717) is 19.0 Å². The van der Waals surface area contributed by atoms with Gasteiger partial charge in [0.25, 0.3) is 0 Å². The van der Waals surface area contributed by atoms with Gasteiger partial charge < -0.3 is 20.4 Å². The topological polar surface area (TPSA) is 92.1 Å². The van der Waals surface area contributed by atoms with Crippen molar-refractivity contribution in [3.05, 3.63) is 5.89 Å². The molecule has 0 aliphatic carbocycles. The number of nitrogens with one attached hydrogen (secondary N) is 3. The van der Waals surface area contributed by atoms with E-state index in [9.17, 15) is 4.79 Å². The van der Waals surface area contributed by atoms with Crippen molar-refractivity contribution < 1.29 is 9.21 Å². The highest BCUT2D eigenvalue weighted by atomic mass is 16.4. The summed E-state index contributed by atoms with van der Waals surface area (Å²) in [7, 11) is 1.79. The lowest BCUT2D eigenvalue weighted by atomic mass is 10.3. The molecule has 0 saturated carbocycles. The zero-order valence-corrected chi connectivity index (χ0v) is 9.70. The molecular formula is C9H17N5O2. The molecule has 7 heteroatoms. The summed E-state index contributed by atoms with van der Waals surface area (Å²) >= 11 is 0. The Morgan fingerprint density at radius 3 is 2.88 bits per heavy atom. The third-order valence-electron chi connectivity index (χ3n) is 1.88. The second kappa shape index (κ2) is 6.06. The van der Waals surface area contributed by atoms with Gasteiger partial charge in [-0.15, -0.1) is 5.10 Å². The Morgan fingerprint density at radius 2 is 2.25 bits per heavy atom. The summed E-state index contributed by atoms with van der Waals surface area (Å²) < 4.78 is 5.25. The van der Waals surface area contributed by atoms with Crippen molar-refractivity contribution >= 4 is 11.9 Å². The highest BCUT2D eigenvalue weighted by molar-refractivity contribution is 5.83. The number of aromatic nitrogens is 2. The van der Waals surface area contributed by atoms with Crippen molar-refractivity contribution in [1.29, 1.82) is 0 Å². The molecule has 0 bridgehead atoms. The normalized spacial score (nSPS) is 12.2. The van der Waals surface area contributed by atoms with Crippen LogP contribution >= 0.6 is 0 Å². The molecule has 1 aromatic heterocycles. The van der Waals surface area contributed by atoms with Crippen molar-refractivity contribution in [2.75, 3.05) is 18.9 Å². The Kier molecular flexibility index (Phi) is 4.71. The number of hydrogen-bond acceptors (Lipinski definition) is 6. The van der Waals surface area contributed by atoms with Crippen molar-refractivity contribution in [1.82, 2.24) is 20.8 Å². The van der Waals surface area contributed by atoms with Crippen LogP contribution in [0.2, 0.25) is 0 Å². The van der Waals surface area contributed by atoms with Gasteiger partial charge >= 0.3 is 6.01 Å². The van der Waals surface area contributed by atoms with Gasteiger partial charge in [0.15, 0.2) is 0 Å². The Morgan fingerprint density at radius 1 is 1.50 bits per heavy atom. The van der Waals surface area contributed by atoms with E-state index in [1.54, 1.807) is 14.0 Å². The molecule has 90 valence electrons. The van der Waals surface area contributed by atoms with Gasteiger partial charge in [0.2, 0.25) is 11.8 Å². The van der Waals surface area contributed by atoms with Crippen LogP contribution in [-0.2, 0) is 11.3 Å². The first-order valence-corrected chi connectivity index (χ1v) is 5.18. The maximum Gasteiger partial charge on any atom is 0.316 e. The number of hydrogen-bond donors (Lipinski definition) is 3. The molecule has 3 N–H and O–H groups in total. The zero-order chi connectivity index (χ0) is 12.0. The predicted octanol–water partition coefficient (Wildman–Crippen LogP) is -0.274. The smallest absolute Gasteiger partial charge is 0.316 e. The standard InChI is InChI=1S/C9H17N5O2/c1-4-11-8(15)6(2)12-9-14-13-7(16-9)5-10-3/h6,10H,4-5H2,1-3H3,(H,11,15)(H,12,14). The Balaban J connectivity index is 2.48. The predicted molar refractivity (Wildman–Crippen MR) is 58.8 cm³/mol. The van der Waals surface area contributed by atoms with Crippen LogP contribution in [0.4, 0.5) is 6.01 Å². The number of likely N-dealkylation sites (N-methyl/N-ethyl adjacent to an activating group) is 1. The molecule has 0 aliphatic rings. The maximum atomic E-state index is 11.4. The zero-order valence-electron chi connectivity index (χ0n) is 9.70. The monoisotopic (exact) mass is 227 g/mol. The van der Waals surface area contributed by atoms with E-state index in [4.69, 9.17) is 4.42 Å². The average molecular weight is 227 g/mol. The van der Waals surface area contributed by atoms with E-state index in [0.717, 1.165) is 0 Å². The van der Waals surface area contributed by atoms with Gasteiger partial charge in [0.05, 0.1) is 6.54 Å². The lowest BCUT2D eigenvalue weighted by Crippen LogP contribution is -2.37. The average Bonchev–Trinajstić information content (AvgIpc) is 2.66. The van der Waals surface area contributed by atoms with Crippen molar-refractivity contribution in [3.63, 3.8) is 0 Å². The second-order valence-electron chi connectivity index (χ2n) is 3.29. The van der Waals surface area contributed by atoms with Crippen molar-refractivity contribution in [2.45, 2.75) is 26.4 Å². The lowest BCUT2D eigenvalue weighted by molar-refractivity contribution is -0.121. The van der Waals surface area contributed by atoms with E-state index in [1.807, 2.05) is 6.92 Å². The highest BCUT2D eigenvalue weighted by Gasteiger charge is 2.14. The molecule has 1 amide bonds. The van der Waals surface area contributed by atoms with Gasteiger partial charge in [0.1, 0.15) is 6.04 Å². The molecule has 1 unspecified atom stereocenters. The maximum absolute atomic E-state index is 11.4. The molecule has 1 heterocycles. The van der Waals surface area contributed by atoms with Crippen LogP contribution in [0.5, 0.6) is 0 Å². The molecule has 0 aliphatic heterocycles. The summed E-state index contributed by atoms with van der Waals surface area (Å²) in [6.07, 6.45) is 0. The van der Waals surface area contributed by atoms with Crippen LogP contribution in [-0.4, -0.2) is 35.7 Å². The molecule has 16 heavy (non-hydrogen) atoms. The SMILES string of the molecule is CCNC(=O)C(C)Nc1nnc(CNC)o1. The molecule has 1 aromatic rings. The summed E-state index contributed by atoms with van der Waals surface area (Å²) in [5, 5.41) is 16.0. The van der Waals surface area contributed by atoms with Gasteiger partial charge in [-0.25, -0.2) is 0 Å². The third-order valence-corrected chi connectivity index (χ3v) is 1.88. The van der Waals surface area contributed by atoms with Gasteiger partial charge in [-0.2, -0.15) is 0 Å². The molecule has 0 radical (unpaired) electrons. The molecule has 0 saturated heterocycles. The first-order valence-electron chi connectivity index (χ1n) is 5.18. The quantitative estimate of drug-likeness (QED) is 0.619. The summed E-state index contributed by atoms with van der Waals surface area (Å²) in [5.41, 5.74) is 0. The fourth-order valence-electron chi connectivity index (χ4n) is 1.11. The number of nitrogens with zero attached hydrogens (tertiary/aromatic N) is 2. The number of amides is 1. The second-order valence-corrected chi connectivity index (χ2v) is 3.29. The van der Waals surface area contributed by atoms with Gasteiger partial charge in [0, 0.05) is 6.54 Å². The Labute approximate surface area is 94.0 Å². The van der Waals surface area contributed by atoms with Crippen molar-refractivity contribution in [2.24, 2.45) is 0 Å². The van der Waals surface area contributed by atoms with E-state index >= 15 is 0 Å². The third kappa shape index (κ3) is 3.50. The van der Waals surface area contributed by atoms with Crippen LogP contribution in [0, 0.1) is 0 Å². The number of carbonyl (C=O) groups is 1. The number of rotatable bonds is 6. The van der Waals surface area contributed by atoms with Crippen LogP contribution in [0.15, 0.2) is 4.42 Å². The molecule has 1 atom stereocenters. The fourth-order valence-corrected chi connectivity index (χ4v) is 1.11. The molecule has 1 rings (SSSR count). The minimum atomic E-state index is -0.400. The summed E-state index contributed by atoms with van der Waals surface area (Å²) in [6, 6.07) is -0.146. The van der Waals surface area contributed by atoms with Gasteiger partial charge in [-0.3, -0.25) is 4.79 Å². The summed E-state index contributed by atoms with van der Waals surface area (Å²) in [5.74, 6) is 0.379. The first-order chi connectivity index (χ1) is 7.67. The van der Waals surface area contributed by atoms with E-state index in [-0.39, 0.29) is 11.9 Å². The summed E-state index contributed by atoms with van der Waals surface area (Å²) in [6.45, 7) is 4.69. The number of carbonyl (C=O) groups excluding carboxylic acids is 1. The van der Waals surface area contributed by atoms with Gasteiger partial charge in [-0.05, 0) is 20.9 Å². The highest BCUT2D eigenvalue weighted by Crippen LogP contribution is 2.06.